The molecule has 0 aromatic heterocycles. The number of sulfonamides is 1. The summed E-state index contributed by atoms with van der Waals surface area (Å²) in [5.74, 6) is -0.167. The van der Waals surface area contributed by atoms with Gasteiger partial charge in [0, 0.05) is 16.1 Å². The molecule has 0 saturated heterocycles. The summed E-state index contributed by atoms with van der Waals surface area (Å²) in [6, 6.07) is 10.9. The van der Waals surface area contributed by atoms with E-state index in [-0.39, 0.29) is 11.6 Å². The normalized spacial score (nSPS) is 16.2. The van der Waals surface area contributed by atoms with Crippen LogP contribution < -0.4 is 0 Å². The minimum atomic E-state index is -3.60. The molecule has 26 heavy (non-hydrogen) atoms. The highest BCUT2D eigenvalue weighted by Gasteiger charge is 2.28. The Bertz CT molecular complexity index is 941. The monoisotopic (exact) mass is 394 g/mol. The number of halogens is 2. The first-order valence-electron chi connectivity index (χ1n) is 8.40. The van der Waals surface area contributed by atoms with Crippen molar-refractivity contribution < 1.29 is 12.8 Å². The lowest BCUT2D eigenvalue weighted by Gasteiger charge is -2.19. The maximum atomic E-state index is 13.3. The number of hydrazone groups is 1. The van der Waals surface area contributed by atoms with Crippen LogP contribution >= 0.6 is 11.6 Å². The number of rotatable bonds is 4. The molecule has 2 aromatic carbocycles. The predicted octanol–water partition coefficient (Wildman–Crippen LogP) is 4.42. The Hall–Kier alpha value is -1.92. The summed E-state index contributed by atoms with van der Waals surface area (Å²) in [6.07, 6.45) is 0.691. The van der Waals surface area contributed by atoms with Crippen molar-refractivity contribution in [3.05, 3.63) is 70.0 Å². The Kier molecular flexibility index (Phi) is 5.34. The maximum absolute atomic E-state index is 13.3. The number of fused-ring (bicyclic) bond motifs is 1. The van der Waals surface area contributed by atoms with Crippen LogP contribution in [0.3, 0.4) is 0 Å². The quantitative estimate of drug-likeness (QED) is 0.770. The molecule has 4 nitrogen and oxygen atoms in total. The first-order valence-corrected chi connectivity index (χ1v) is 10.4. The van der Waals surface area contributed by atoms with E-state index >= 15 is 0 Å². The van der Waals surface area contributed by atoms with E-state index in [1.165, 1.54) is 16.5 Å². The van der Waals surface area contributed by atoms with E-state index in [4.69, 9.17) is 11.6 Å². The van der Waals surface area contributed by atoms with Gasteiger partial charge in [0.05, 0.1) is 18.0 Å². The van der Waals surface area contributed by atoms with Crippen molar-refractivity contribution in [2.75, 3.05) is 6.54 Å². The standard InChI is InChI=1S/C19H20ClFN2O2S/c1-13(2)9-10-23-22-19(14-4-7-17(21)8-5-14)18-11-16(20)6-3-15(18)12-26(23,24)25/h3-8,11,13H,9-10,12H2,1-2H3. The lowest BCUT2D eigenvalue weighted by atomic mass is 9.98. The van der Waals surface area contributed by atoms with Gasteiger partial charge in [-0.3, -0.25) is 0 Å². The minimum absolute atomic E-state index is 0.147. The van der Waals surface area contributed by atoms with Crippen molar-refractivity contribution in [2.24, 2.45) is 11.0 Å². The summed E-state index contributed by atoms with van der Waals surface area (Å²) >= 11 is 6.14. The van der Waals surface area contributed by atoms with Crippen LogP contribution in [0.2, 0.25) is 5.02 Å². The van der Waals surface area contributed by atoms with Crippen molar-refractivity contribution >= 4 is 27.3 Å². The fraction of sp³-hybridized carbons (Fsp3) is 0.316. The third-order valence-corrected chi connectivity index (χ3v) is 6.03. The maximum Gasteiger partial charge on any atom is 0.254 e. The summed E-state index contributed by atoms with van der Waals surface area (Å²) < 4.78 is 40.1. The summed E-state index contributed by atoms with van der Waals surface area (Å²) in [7, 11) is -3.60. The van der Waals surface area contributed by atoms with Gasteiger partial charge in [-0.05, 0) is 54.3 Å². The van der Waals surface area contributed by atoms with Crippen LogP contribution in [0.25, 0.3) is 0 Å². The molecule has 0 atom stereocenters. The van der Waals surface area contributed by atoms with Gasteiger partial charge in [-0.25, -0.2) is 12.8 Å². The lowest BCUT2D eigenvalue weighted by molar-refractivity contribution is 0.395. The first kappa shape index (κ1) is 18.9. The van der Waals surface area contributed by atoms with Crippen LogP contribution in [0.4, 0.5) is 4.39 Å². The van der Waals surface area contributed by atoms with Gasteiger partial charge in [0.25, 0.3) is 10.0 Å². The summed E-state index contributed by atoms with van der Waals surface area (Å²) in [5.41, 5.74) is 2.40. The number of benzene rings is 2. The topological polar surface area (TPSA) is 49.7 Å². The molecule has 1 aliphatic heterocycles. The van der Waals surface area contributed by atoms with Gasteiger partial charge in [0.2, 0.25) is 0 Å². The smallest absolute Gasteiger partial charge is 0.207 e. The van der Waals surface area contributed by atoms with Gasteiger partial charge in [0.15, 0.2) is 0 Å². The van der Waals surface area contributed by atoms with Crippen molar-refractivity contribution in [1.29, 1.82) is 0 Å². The highest BCUT2D eigenvalue weighted by Crippen LogP contribution is 2.27. The molecule has 0 N–H and O–H groups in total. The molecular weight excluding hydrogens is 375 g/mol. The molecule has 3 rings (SSSR count). The Morgan fingerprint density at radius 1 is 1.19 bits per heavy atom. The average Bonchev–Trinajstić information content (AvgIpc) is 2.67. The average molecular weight is 395 g/mol. The van der Waals surface area contributed by atoms with Crippen LogP contribution in [-0.2, 0) is 15.8 Å². The van der Waals surface area contributed by atoms with Crippen molar-refractivity contribution in [3.8, 4) is 0 Å². The molecule has 7 heteroatoms. The van der Waals surface area contributed by atoms with E-state index in [0.717, 1.165) is 0 Å². The second-order valence-electron chi connectivity index (χ2n) is 6.74. The van der Waals surface area contributed by atoms with Crippen LogP contribution in [-0.4, -0.2) is 25.1 Å². The molecule has 0 bridgehead atoms. The van der Waals surface area contributed by atoms with Crippen LogP contribution in [0.1, 0.15) is 37.0 Å². The largest absolute Gasteiger partial charge is 0.254 e. The van der Waals surface area contributed by atoms with E-state index in [9.17, 15) is 12.8 Å². The van der Waals surface area contributed by atoms with Gasteiger partial charge in [-0.2, -0.15) is 9.52 Å². The molecule has 0 spiro atoms. The molecule has 138 valence electrons. The second kappa shape index (κ2) is 7.37. The molecule has 0 aliphatic carbocycles. The van der Waals surface area contributed by atoms with Crippen LogP contribution in [0, 0.1) is 11.7 Å². The molecule has 0 amide bonds. The molecule has 1 aliphatic rings. The van der Waals surface area contributed by atoms with Gasteiger partial charge in [-0.15, -0.1) is 0 Å². The van der Waals surface area contributed by atoms with E-state index in [1.54, 1.807) is 30.3 Å². The Morgan fingerprint density at radius 3 is 2.54 bits per heavy atom. The Morgan fingerprint density at radius 2 is 1.88 bits per heavy atom. The molecular formula is C19H20ClFN2O2S. The van der Waals surface area contributed by atoms with Crippen molar-refractivity contribution in [1.82, 2.24) is 4.41 Å². The summed E-state index contributed by atoms with van der Waals surface area (Å²) in [6.45, 7) is 4.36. The van der Waals surface area contributed by atoms with Gasteiger partial charge >= 0.3 is 0 Å². The zero-order valence-electron chi connectivity index (χ0n) is 14.6. The Labute approximate surface area is 158 Å². The fourth-order valence-corrected chi connectivity index (χ4v) is 4.33. The lowest BCUT2D eigenvalue weighted by Crippen LogP contribution is -2.28. The molecule has 0 unspecified atom stereocenters. The highest BCUT2D eigenvalue weighted by atomic mass is 35.5. The third-order valence-electron chi connectivity index (χ3n) is 4.21. The summed E-state index contributed by atoms with van der Waals surface area (Å²) in [5, 5.41) is 4.96. The van der Waals surface area contributed by atoms with E-state index < -0.39 is 10.0 Å². The molecule has 0 radical (unpaired) electrons. The van der Waals surface area contributed by atoms with Gasteiger partial charge < -0.3 is 0 Å². The molecule has 1 heterocycles. The van der Waals surface area contributed by atoms with Gasteiger partial charge in [-0.1, -0.05) is 31.5 Å². The molecule has 0 fully saturated rings. The number of hydrogen-bond acceptors (Lipinski definition) is 3. The first-order chi connectivity index (χ1) is 12.3. The van der Waals surface area contributed by atoms with Crippen molar-refractivity contribution in [2.45, 2.75) is 26.0 Å². The predicted molar refractivity (Wildman–Crippen MR) is 102 cm³/mol. The number of hydrogen-bond donors (Lipinski definition) is 0. The molecule has 2 aromatic rings. The van der Waals surface area contributed by atoms with E-state index in [2.05, 4.69) is 5.10 Å². The molecule has 0 saturated carbocycles. The van der Waals surface area contributed by atoms with Crippen LogP contribution in [0.5, 0.6) is 0 Å². The minimum Gasteiger partial charge on any atom is -0.207 e. The second-order valence-corrected chi connectivity index (χ2v) is 9.05. The van der Waals surface area contributed by atoms with Gasteiger partial charge in [0.1, 0.15) is 5.82 Å². The van der Waals surface area contributed by atoms with Crippen molar-refractivity contribution in [3.63, 3.8) is 0 Å². The highest BCUT2D eigenvalue weighted by molar-refractivity contribution is 7.88. The van der Waals surface area contributed by atoms with Crippen LogP contribution in [0.15, 0.2) is 47.6 Å². The number of nitrogens with zero attached hydrogens (tertiary/aromatic N) is 2. The third kappa shape index (κ3) is 4.07. The Balaban J connectivity index is 2.17. The zero-order chi connectivity index (χ0) is 18.9. The zero-order valence-corrected chi connectivity index (χ0v) is 16.2. The van der Waals surface area contributed by atoms with E-state index in [0.29, 0.717) is 46.3 Å². The SMILES string of the molecule is CC(C)CCN1N=C(c2ccc(F)cc2)c2cc(Cl)ccc2CS1(=O)=O. The summed E-state index contributed by atoms with van der Waals surface area (Å²) in [4.78, 5) is 0. The fourth-order valence-electron chi connectivity index (χ4n) is 2.77. The van der Waals surface area contributed by atoms with E-state index in [1.807, 2.05) is 13.8 Å².